The van der Waals surface area contributed by atoms with Crippen molar-refractivity contribution in [1.29, 1.82) is 5.26 Å². The average Bonchev–Trinajstić information content (AvgIpc) is 2.70. The molecule has 0 radical (unpaired) electrons. The SMILES string of the molecule is CCCCCCC1CCC(C2(C#N)CCC(CCCCCC)CC2)CC1. The van der Waals surface area contributed by atoms with Crippen LogP contribution in [0.15, 0.2) is 0 Å². The van der Waals surface area contributed by atoms with Crippen molar-refractivity contribution in [2.45, 2.75) is 129 Å². The van der Waals surface area contributed by atoms with E-state index in [4.69, 9.17) is 0 Å². The molecule has 2 aliphatic rings. The molecule has 0 aromatic rings. The normalized spacial score (nSPS) is 32.3. The molecule has 0 heterocycles. The van der Waals surface area contributed by atoms with Crippen molar-refractivity contribution in [3.63, 3.8) is 0 Å². The van der Waals surface area contributed by atoms with Crippen LogP contribution in [0.2, 0.25) is 0 Å². The largest absolute Gasteiger partial charge is 0.198 e. The number of nitrogens with zero attached hydrogens (tertiary/aromatic N) is 1. The quantitative estimate of drug-likeness (QED) is 0.339. The van der Waals surface area contributed by atoms with E-state index in [0.717, 1.165) is 11.8 Å². The van der Waals surface area contributed by atoms with Gasteiger partial charge in [0.1, 0.15) is 0 Å². The number of nitriles is 1. The van der Waals surface area contributed by atoms with E-state index in [2.05, 4.69) is 19.9 Å². The van der Waals surface area contributed by atoms with E-state index in [-0.39, 0.29) is 5.41 Å². The van der Waals surface area contributed by atoms with Gasteiger partial charge in [-0.1, -0.05) is 90.9 Å². The fraction of sp³-hybridized carbons (Fsp3) is 0.960. The van der Waals surface area contributed by atoms with Crippen molar-refractivity contribution >= 4 is 0 Å². The molecule has 2 rings (SSSR count). The Labute approximate surface area is 164 Å². The standard InChI is InChI=1S/C25H45N/c1-3-5-7-9-11-22-13-15-24(16-14-22)25(21-26)19-17-23(18-20-25)12-10-8-6-4-2/h22-24H,3-20H2,1-2H3. The highest BCUT2D eigenvalue weighted by Crippen LogP contribution is 2.51. The highest BCUT2D eigenvalue weighted by molar-refractivity contribution is 5.06. The molecule has 0 aliphatic heterocycles. The molecule has 0 bridgehead atoms. The molecule has 0 aromatic carbocycles. The van der Waals surface area contributed by atoms with E-state index in [9.17, 15) is 5.26 Å². The molecular formula is C25H45N. The molecule has 150 valence electrons. The Morgan fingerprint density at radius 2 is 1.19 bits per heavy atom. The maximum absolute atomic E-state index is 10.0. The molecule has 0 aromatic heterocycles. The lowest BCUT2D eigenvalue weighted by molar-refractivity contribution is 0.0842. The number of rotatable bonds is 11. The lowest BCUT2D eigenvalue weighted by atomic mass is 9.59. The van der Waals surface area contributed by atoms with Crippen molar-refractivity contribution in [2.24, 2.45) is 23.2 Å². The molecule has 0 N–H and O–H groups in total. The van der Waals surface area contributed by atoms with Crippen LogP contribution in [0, 0.1) is 34.5 Å². The summed E-state index contributed by atoms with van der Waals surface area (Å²) in [5, 5.41) is 10.0. The van der Waals surface area contributed by atoms with Crippen molar-refractivity contribution in [1.82, 2.24) is 0 Å². The van der Waals surface area contributed by atoms with Crippen LogP contribution in [0.5, 0.6) is 0 Å². The van der Waals surface area contributed by atoms with E-state index in [0.29, 0.717) is 5.92 Å². The van der Waals surface area contributed by atoms with Gasteiger partial charge in [0.25, 0.3) is 0 Å². The van der Waals surface area contributed by atoms with Crippen LogP contribution in [0.3, 0.4) is 0 Å². The van der Waals surface area contributed by atoms with Crippen LogP contribution >= 0.6 is 0 Å². The summed E-state index contributed by atoms with van der Waals surface area (Å²) in [7, 11) is 0. The lowest BCUT2D eigenvalue weighted by Crippen LogP contribution is -2.36. The van der Waals surface area contributed by atoms with Gasteiger partial charge in [-0.15, -0.1) is 0 Å². The van der Waals surface area contributed by atoms with Gasteiger partial charge in [0.15, 0.2) is 0 Å². The maximum atomic E-state index is 10.0. The predicted octanol–water partition coefficient (Wildman–Crippen LogP) is 8.43. The molecule has 2 saturated carbocycles. The van der Waals surface area contributed by atoms with Crippen LogP contribution in [0.1, 0.15) is 129 Å². The first-order valence-electron chi connectivity index (χ1n) is 12.1. The Morgan fingerprint density at radius 3 is 1.65 bits per heavy atom. The van der Waals surface area contributed by atoms with Gasteiger partial charge < -0.3 is 0 Å². The van der Waals surface area contributed by atoms with Crippen LogP contribution < -0.4 is 0 Å². The summed E-state index contributed by atoms with van der Waals surface area (Å²) in [5.41, 5.74) is 0.0487. The molecule has 0 atom stereocenters. The summed E-state index contributed by atoms with van der Waals surface area (Å²) in [6.45, 7) is 4.59. The monoisotopic (exact) mass is 359 g/mol. The minimum Gasteiger partial charge on any atom is -0.198 e. The maximum Gasteiger partial charge on any atom is 0.0692 e. The van der Waals surface area contributed by atoms with Gasteiger partial charge >= 0.3 is 0 Å². The molecule has 0 saturated heterocycles. The average molecular weight is 360 g/mol. The molecule has 26 heavy (non-hydrogen) atoms. The summed E-state index contributed by atoms with van der Waals surface area (Å²) in [6.07, 6.45) is 24.6. The summed E-state index contributed by atoms with van der Waals surface area (Å²) in [5.74, 6) is 2.59. The molecule has 2 aliphatic carbocycles. The van der Waals surface area contributed by atoms with Crippen molar-refractivity contribution in [2.75, 3.05) is 0 Å². The Morgan fingerprint density at radius 1 is 0.692 bits per heavy atom. The van der Waals surface area contributed by atoms with E-state index in [1.165, 1.54) is 116 Å². The Bertz CT molecular complexity index is 391. The highest BCUT2D eigenvalue weighted by Gasteiger charge is 2.43. The smallest absolute Gasteiger partial charge is 0.0692 e. The second kappa shape index (κ2) is 12.0. The first kappa shape index (κ1) is 21.8. The zero-order valence-corrected chi connectivity index (χ0v) is 17.9. The predicted molar refractivity (Wildman–Crippen MR) is 113 cm³/mol. The van der Waals surface area contributed by atoms with Gasteiger partial charge in [0, 0.05) is 0 Å². The summed E-state index contributed by atoms with van der Waals surface area (Å²) < 4.78 is 0. The third-order valence-electron chi connectivity index (χ3n) is 7.78. The zero-order valence-electron chi connectivity index (χ0n) is 17.9. The highest BCUT2D eigenvalue weighted by atomic mass is 14.5. The van der Waals surface area contributed by atoms with Crippen molar-refractivity contribution < 1.29 is 0 Å². The van der Waals surface area contributed by atoms with Crippen LogP contribution in [-0.4, -0.2) is 0 Å². The van der Waals surface area contributed by atoms with E-state index in [1.54, 1.807) is 0 Å². The number of hydrogen-bond acceptors (Lipinski definition) is 1. The lowest BCUT2D eigenvalue weighted by Gasteiger charge is -2.43. The van der Waals surface area contributed by atoms with Gasteiger partial charge in [-0.3, -0.25) is 0 Å². The van der Waals surface area contributed by atoms with Gasteiger partial charge in [0.2, 0.25) is 0 Å². The molecular weight excluding hydrogens is 314 g/mol. The Kier molecular flexibility index (Phi) is 10.1. The summed E-state index contributed by atoms with van der Waals surface area (Å²) >= 11 is 0. The first-order valence-corrected chi connectivity index (χ1v) is 12.1. The molecule has 1 heteroatoms. The van der Waals surface area contributed by atoms with Gasteiger partial charge in [-0.2, -0.15) is 5.26 Å². The Balaban J connectivity index is 1.70. The van der Waals surface area contributed by atoms with Crippen LogP contribution in [0.4, 0.5) is 0 Å². The molecule has 0 amide bonds. The van der Waals surface area contributed by atoms with Crippen molar-refractivity contribution in [3.05, 3.63) is 0 Å². The second-order valence-electron chi connectivity index (χ2n) is 9.63. The Hall–Kier alpha value is -0.510. The second-order valence-corrected chi connectivity index (χ2v) is 9.63. The molecule has 0 spiro atoms. The van der Waals surface area contributed by atoms with E-state index >= 15 is 0 Å². The van der Waals surface area contributed by atoms with Gasteiger partial charge in [-0.05, 0) is 56.3 Å². The fourth-order valence-corrected chi connectivity index (χ4v) is 5.82. The van der Waals surface area contributed by atoms with E-state index < -0.39 is 0 Å². The minimum atomic E-state index is 0.0487. The third-order valence-corrected chi connectivity index (χ3v) is 7.78. The van der Waals surface area contributed by atoms with E-state index in [1.807, 2.05) is 0 Å². The zero-order chi connectivity index (χ0) is 18.7. The van der Waals surface area contributed by atoms with Crippen molar-refractivity contribution in [3.8, 4) is 6.07 Å². The first-order chi connectivity index (χ1) is 12.7. The number of unbranched alkanes of at least 4 members (excludes halogenated alkanes) is 6. The third kappa shape index (κ3) is 6.58. The topological polar surface area (TPSA) is 23.8 Å². The summed E-state index contributed by atoms with van der Waals surface area (Å²) in [4.78, 5) is 0. The van der Waals surface area contributed by atoms with Crippen LogP contribution in [-0.2, 0) is 0 Å². The molecule has 0 unspecified atom stereocenters. The molecule has 1 nitrogen and oxygen atoms in total. The molecule has 2 fully saturated rings. The van der Waals surface area contributed by atoms with Gasteiger partial charge in [-0.25, -0.2) is 0 Å². The van der Waals surface area contributed by atoms with Crippen LogP contribution in [0.25, 0.3) is 0 Å². The number of hydrogen-bond donors (Lipinski definition) is 0. The minimum absolute atomic E-state index is 0.0487. The summed E-state index contributed by atoms with van der Waals surface area (Å²) in [6, 6.07) is 2.86. The van der Waals surface area contributed by atoms with Gasteiger partial charge in [0.05, 0.1) is 11.5 Å². The fourth-order valence-electron chi connectivity index (χ4n) is 5.82.